The van der Waals surface area contributed by atoms with E-state index in [2.05, 4.69) is 17.3 Å². The molecule has 1 saturated carbocycles. The van der Waals surface area contributed by atoms with E-state index in [1.165, 1.54) is 6.42 Å². The van der Waals surface area contributed by atoms with Gasteiger partial charge in [0.15, 0.2) is 0 Å². The van der Waals surface area contributed by atoms with Crippen molar-refractivity contribution in [1.29, 1.82) is 0 Å². The molecule has 0 spiro atoms. The quantitative estimate of drug-likeness (QED) is 0.671. The minimum atomic E-state index is -0.772. The molecule has 5 heteroatoms. The first-order valence-corrected chi connectivity index (χ1v) is 7.81. The van der Waals surface area contributed by atoms with Crippen LogP contribution in [0, 0.1) is 0 Å². The number of hydrogen-bond acceptors (Lipinski definition) is 4. The highest BCUT2D eigenvalue weighted by atomic mass is 16.5. The van der Waals surface area contributed by atoms with Gasteiger partial charge in [-0.25, -0.2) is 0 Å². The van der Waals surface area contributed by atoms with Gasteiger partial charge in [0.2, 0.25) is 0 Å². The number of nitrogens with one attached hydrogen (secondary N) is 1. The molecule has 116 valence electrons. The van der Waals surface area contributed by atoms with Crippen LogP contribution < -0.4 is 5.32 Å². The first-order valence-electron chi connectivity index (χ1n) is 7.81. The molecule has 1 aliphatic carbocycles. The Bertz CT molecular complexity index is 327. The Kier molecular flexibility index (Phi) is 5.41. The van der Waals surface area contributed by atoms with E-state index in [9.17, 15) is 9.90 Å². The number of hydrogen-bond donors (Lipinski definition) is 2. The lowest BCUT2D eigenvalue weighted by Crippen LogP contribution is -2.50. The predicted octanol–water partition coefficient (Wildman–Crippen LogP) is 1.47. The second-order valence-electron chi connectivity index (χ2n) is 6.56. The first-order chi connectivity index (χ1) is 9.49. The van der Waals surface area contributed by atoms with Gasteiger partial charge in [-0.1, -0.05) is 0 Å². The zero-order valence-electron chi connectivity index (χ0n) is 12.7. The predicted molar refractivity (Wildman–Crippen MR) is 77.9 cm³/mol. The summed E-state index contributed by atoms with van der Waals surface area (Å²) in [6.45, 7) is 4.59. The monoisotopic (exact) mass is 284 g/mol. The summed E-state index contributed by atoms with van der Waals surface area (Å²) in [5.41, 5.74) is -0.772. The SMILES string of the molecule is CN(CCCC(C)(NC1CC1)C(=O)O)CC1CCCO1. The zero-order valence-corrected chi connectivity index (χ0v) is 12.7. The van der Waals surface area contributed by atoms with Crippen LogP contribution in [0.4, 0.5) is 0 Å². The molecular weight excluding hydrogens is 256 g/mol. The molecule has 5 nitrogen and oxygen atoms in total. The summed E-state index contributed by atoms with van der Waals surface area (Å²) in [7, 11) is 2.09. The van der Waals surface area contributed by atoms with Crippen molar-refractivity contribution in [2.24, 2.45) is 0 Å². The minimum Gasteiger partial charge on any atom is -0.480 e. The maximum atomic E-state index is 11.4. The molecule has 2 N–H and O–H groups in total. The lowest BCUT2D eigenvalue weighted by Gasteiger charge is -2.28. The van der Waals surface area contributed by atoms with Gasteiger partial charge in [-0.2, -0.15) is 0 Å². The van der Waals surface area contributed by atoms with Crippen molar-refractivity contribution in [2.75, 3.05) is 26.7 Å². The topological polar surface area (TPSA) is 61.8 Å². The Morgan fingerprint density at radius 3 is 2.75 bits per heavy atom. The molecule has 2 atom stereocenters. The summed E-state index contributed by atoms with van der Waals surface area (Å²) in [5, 5.41) is 12.7. The molecule has 2 unspecified atom stereocenters. The maximum absolute atomic E-state index is 11.4. The molecule has 0 aromatic carbocycles. The number of carbonyl (C=O) groups is 1. The molecule has 1 aliphatic heterocycles. The molecular formula is C15H28N2O3. The lowest BCUT2D eigenvalue weighted by molar-refractivity contribution is -0.144. The summed E-state index contributed by atoms with van der Waals surface area (Å²) in [4.78, 5) is 13.7. The summed E-state index contributed by atoms with van der Waals surface area (Å²) in [6, 6.07) is 0.417. The van der Waals surface area contributed by atoms with Gasteiger partial charge in [0.05, 0.1) is 6.10 Å². The third-order valence-electron chi connectivity index (χ3n) is 4.33. The average Bonchev–Trinajstić information content (AvgIpc) is 3.03. The highest BCUT2D eigenvalue weighted by Gasteiger charge is 2.37. The van der Waals surface area contributed by atoms with Crippen LogP contribution >= 0.6 is 0 Å². The van der Waals surface area contributed by atoms with Crippen LogP contribution in [-0.4, -0.2) is 60.4 Å². The van der Waals surface area contributed by atoms with Gasteiger partial charge in [-0.15, -0.1) is 0 Å². The van der Waals surface area contributed by atoms with Crippen LogP contribution in [-0.2, 0) is 9.53 Å². The van der Waals surface area contributed by atoms with Crippen LogP contribution in [0.5, 0.6) is 0 Å². The highest BCUT2D eigenvalue weighted by Crippen LogP contribution is 2.25. The van der Waals surface area contributed by atoms with Crippen molar-refractivity contribution < 1.29 is 14.6 Å². The fraction of sp³-hybridized carbons (Fsp3) is 0.933. The fourth-order valence-electron chi connectivity index (χ4n) is 2.85. The molecule has 20 heavy (non-hydrogen) atoms. The Balaban J connectivity index is 1.67. The van der Waals surface area contributed by atoms with Crippen molar-refractivity contribution >= 4 is 5.97 Å². The van der Waals surface area contributed by atoms with Crippen LogP contribution in [0.3, 0.4) is 0 Å². The largest absolute Gasteiger partial charge is 0.480 e. The summed E-state index contributed by atoms with van der Waals surface area (Å²) in [6.07, 6.45) is 6.49. The lowest BCUT2D eigenvalue weighted by atomic mass is 9.95. The molecule has 1 heterocycles. The summed E-state index contributed by atoms with van der Waals surface area (Å²) in [5.74, 6) is -0.730. The van der Waals surface area contributed by atoms with Crippen molar-refractivity contribution in [3.05, 3.63) is 0 Å². The molecule has 0 bridgehead atoms. The smallest absolute Gasteiger partial charge is 0.323 e. The molecule has 0 aromatic rings. The minimum absolute atomic E-state index is 0.371. The van der Waals surface area contributed by atoms with Crippen molar-refractivity contribution in [2.45, 2.75) is 63.1 Å². The van der Waals surface area contributed by atoms with Gasteiger partial charge in [0.25, 0.3) is 0 Å². The first kappa shape index (κ1) is 15.7. The van der Waals surface area contributed by atoms with E-state index in [4.69, 9.17) is 4.74 Å². The van der Waals surface area contributed by atoms with E-state index in [0.29, 0.717) is 18.6 Å². The highest BCUT2D eigenvalue weighted by molar-refractivity contribution is 5.78. The fourth-order valence-corrected chi connectivity index (χ4v) is 2.85. The van der Waals surface area contributed by atoms with Crippen LogP contribution in [0.15, 0.2) is 0 Å². The molecule has 1 saturated heterocycles. The summed E-state index contributed by atoms with van der Waals surface area (Å²) >= 11 is 0. The third-order valence-corrected chi connectivity index (χ3v) is 4.33. The Labute approximate surface area is 121 Å². The van der Waals surface area contributed by atoms with Gasteiger partial charge in [-0.3, -0.25) is 10.1 Å². The third kappa shape index (κ3) is 4.72. The molecule has 0 radical (unpaired) electrons. The number of ether oxygens (including phenoxy) is 1. The normalized spacial score (nSPS) is 25.9. The molecule has 2 fully saturated rings. The Morgan fingerprint density at radius 2 is 2.20 bits per heavy atom. The van der Waals surface area contributed by atoms with Gasteiger partial charge in [0.1, 0.15) is 5.54 Å². The van der Waals surface area contributed by atoms with E-state index in [1.54, 1.807) is 0 Å². The van der Waals surface area contributed by atoms with E-state index in [0.717, 1.165) is 45.4 Å². The van der Waals surface area contributed by atoms with E-state index < -0.39 is 11.5 Å². The summed E-state index contributed by atoms with van der Waals surface area (Å²) < 4.78 is 5.62. The van der Waals surface area contributed by atoms with Gasteiger partial charge >= 0.3 is 5.97 Å². The second kappa shape index (κ2) is 6.87. The molecule has 0 amide bonds. The van der Waals surface area contributed by atoms with Crippen LogP contribution in [0.1, 0.15) is 45.4 Å². The number of rotatable bonds is 9. The van der Waals surface area contributed by atoms with Crippen LogP contribution in [0.25, 0.3) is 0 Å². The van der Waals surface area contributed by atoms with Crippen molar-refractivity contribution in [3.8, 4) is 0 Å². The zero-order chi connectivity index (χ0) is 14.6. The van der Waals surface area contributed by atoms with Crippen molar-refractivity contribution in [3.63, 3.8) is 0 Å². The van der Waals surface area contributed by atoms with Gasteiger partial charge in [-0.05, 0) is 59.0 Å². The number of likely N-dealkylation sites (N-methyl/N-ethyl adjacent to an activating group) is 1. The molecule has 0 aromatic heterocycles. The van der Waals surface area contributed by atoms with Gasteiger partial charge < -0.3 is 14.7 Å². The number of nitrogens with zero attached hydrogens (tertiary/aromatic N) is 1. The van der Waals surface area contributed by atoms with E-state index in [-0.39, 0.29) is 0 Å². The number of carboxylic acids is 1. The van der Waals surface area contributed by atoms with E-state index in [1.807, 2.05) is 6.92 Å². The second-order valence-corrected chi connectivity index (χ2v) is 6.56. The van der Waals surface area contributed by atoms with E-state index >= 15 is 0 Å². The van der Waals surface area contributed by atoms with Crippen LogP contribution in [0.2, 0.25) is 0 Å². The number of carboxylic acid groups (broad SMARTS) is 1. The molecule has 2 rings (SSSR count). The van der Waals surface area contributed by atoms with Gasteiger partial charge in [0, 0.05) is 19.2 Å². The van der Waals surface area contributed by atoms with Crippen molar-refractivity contribution in [1.82, 2.24) is 10.2 Å². The average molecular weight is 284 g/mol. The molecule has 2 aliphatic rings. The number of aliphatic carboxylic acids is 1. The maximum Gasteiger partial charge on any atom is 0.323 e. The Hall–Kier alpha value is -0.650. The standard InChI is InChI=1S/C15H28N2O3/c1-15(14(18)19,16-12-6-7-12)8-4-9-17(2)11-13-5-3-10-20-13/h12-13,16H,3-11H2,1-2H3,(H,18,19). The Morgan fingerprint density at radius 1 is 1.45 bits per heavy atom.